The van der Waals surface area contributed by atoms with Crippen LogP contribution in [0, 0.1) is 34.5 Å². The van der Waals surface area contributed by atoms with Crippen molar-refractivity contribution in [2.45, 2.75) is 120 Å². The molecule has 0 aromatic carbocycles. The molecule has 0 aromatic heterocycles. The molecular formula is C28H40O7. The Kier molecular flexibility index (Phi) is 4.27. The molecule has 7 aliphatic rings. The van der Waals surface area contributed by atoms with Gasteiger partial charge >= 0.3 is 0 Å². The Bertz CT molecular complexity index is 1020. The van der Waals surface area contributed by atoms with Crippen LogP contribution in [0.5, 0.6) is 0 Å². The number of ketones is 1. The van der Waals surface area contributed by atoms with Crippen LogP contribution in [0.1, 0.15) is 73.1 Å². The van der Waals surface area contributed by atoms with Gasteiger partial charge in [0, 0.05) is 17.8 Å². The quantitative estimate of drug-likeness (QED) is 0.450. The summed E-state index contributed by atoms with van der Waals surface area (Å²) in [5.41, 5.74) is -5.08. The fourth-order valence-electron chi connectivity index (χ4n) is 10.4. The van der Waals surface area contributed by atoms with Gasteiger partial charge < -0.3 is 29.5 Å². The summed E-state index contributed by atoms with van der Waals surface area (Å²) in [6.45, 7) is 10.1. The van der Waals surface area contributed by atoms with Crippen molar-refractivity contribution in [2.24, 2.45) is 34.5 Å². The first kappa shape index (κ1) is 23.3. The summed E-state index contributed by atoms with van der Waals surface area (Å²) in [4.78, 5) is 13.4. The van der Waals surface area contributed by atoms with Gasteiger partial charge in [0.1, 0.15) is 22.9 Å². The van der Waals surface area contributed by atoms with Crippen LogP contribution in [-0.2, 0) is 19.0 Å². The summed E-state index contributed by atoms with van der Waals surface area (Å²) in [6, 6.07) is 0. The summed E-state index contributed by atoms with van der Waals surface area (Å²) in [6.07, 6.45) is 6.26. The smallest absolute Gasteiger partial charge is 0.186 e. The van der Waals surface area contributed by atoms with Crippen molar-refractivity contribution in [1.82, 2.24) is 0 Å². The Morgan fingerprint density at radius 2 is 1.74 bits per heavy atom. The molecule has 4 aliphatic carbocycles. The molecule has 14 atom stereocenters. The number of epoxide rings is 1. The highest BCUT2D eigenvalue weighted by molar-refractivity contribution is 5.97. The number of aliphatic hydroxyl groups excluding tert-OH is 1. The minimum absolute atomic E-state index is 0.0210. The fraction of sp³-hybridized carbons (Fsp3) is 0.893. The number of carbonyl (C=O) groups is 1. The van der Waals surface area contributed by atoms with Crippen LogP contribution in [0.25, 0.3) is 0 Å². The number of hydrogen-bond donors (Lipinski definition) is 3. The Labute approximate surface area is 207 Å². The lowest BCUT2D eigenvalue weighted by atomic mass is 9.43. The number of rotatable bonds is 0. The topological polar surface area (TPSA) is 109 Å². The zero-order chi connectivity index (χ0) is 25.0. The molecule has 7 rings (SSSR count). The van der Waals surface area contributed by atoms with Crippen LogP contribution in [0.15, 0.2) is 12.2 Å². The minimum atomic E-state index is -1.51. The summed E-state index contributed by atoms with van der Waals surface area (Å²) in [5, 5.41) is 33.7. The van der Waals surface area contributed by atoms with Crippen LogP contribution in [-0.4, -0.2) is 68.1 Å². The average Bonchev–Trinajstić information content (AvgIpc) is 3.54. The molecule has 3 N–H and O–H groups in total. The predicted molar refractivity (Wildman–Crippen MR) is 125 cm³/mol. The zero-order valence-corrected chi connectivity index (χ0v) is 21.5. The highest BCUT2D eigenvalue weighted by atomic mass is 16.6. The van der Waals surface area contributed by atoms with Gasteiger partial charge in [-0.1, -0.05) is 19.9 Å². The largest absolute Gasteiger partial charge is 0.386 e. The molecule has 0 radical (unpaired) electrons. The Hall–Kier alpha value is -0.830. The summed E-state index contributed by atoms with van der Waals surface area (Å²) in [7, 11) is 0. The van der Waals surface area contributed by atoms with Crippen LogP contribution in [0.4, 0.5) is 0 Å². The van der Waals surface area contributed by atoms with Gasteiger partial charge in [-0.25, -0.2) is 0 Å². The van der Waals surface area contributed by atoms with E-state index in [9.17, 15) is 20.1 Å². The summed E-state index contributed by atoms with van der Waals surface area (Å²) in [5.74, 6) is 0.637. The number of hydrogen-bond acceptors (Lipinski definition) is 7. The second-order valence-electron chi connectivity index (χ2n) is 13.8. The molecule has 1 spiro atoms. The van der Waals surface area contributed by atoms with E-state index in [0.29, 0.717) is 12.8 Å². The molecule has 3 saturated carbocycles. The molecule has 7 heteroatoms. The summed E-state index contributed by atoms with van der Waals surface area (Å²) >= 11 is 0. The maximum atomic E-state index is 13.4. The van der Waals surface area contributed by atoms with Crippen molar-refractivity contribution in [3.05, 3.63) is 12.2 Å². The first-order valence-corrected chi connectivity index (χ1v) is 13.6. The summed E-state index contributed by atoms with van der Waals surface area (Å²) < 4.78 is 19.4. The number of allylic oxidation sites excluding steroid dienone is 1. The highest BCUT2D eigenvalue weighted by Gasteiger charge is 2.80. The van der Waals surface area contributed by atoms with E-state index in [4.69, 9.17) is 14.2 Å². The Morgan fingerprint density at radius 1 is 1.03 bits per heavy atom. The van der Waals surface area contributed by atoms with Crippen molar-refractivity contribution < 1.29 is 34.3 Å². The predicted octanol–water partition coefficient (Wildman–Crippen LogP) is 2.50. The molecule has 6 fully saturated rings. The van der Waals surface area contributed by atoms with Crippen molar-refractivity contribution in [3.63, 3.8) is 0 Å². The average molecular weight is 489 g/mol. The van der Waals surface area contributed by atoms with Gasteiger partial charge in [0.05, 0.1) is 23.2 Å². The zero-order valence-electron chi connectivity index (χ0n) is 21.5. The van der Waals surface area contributed by atoms with Crippen molar-refractivity contribution >= 4 is 5.78 Å². The Balaban J connectivity index is 1.30. The maximum Gasteiger partial charge on any atom is 0.186 e. The van der Waals surface area contributed by atoms with Crippen LogP contribution < -0.4 is 0 Å². The molecule has 3 heterocycles. The lowest BCUT2D eigenvalue weighted by Crippen LogP contribution is -2.76. The number of ether oxygens (including phenoxy) is 3. The van der Waals surface area contributed by atoms with E-state index in [1.807, 2.05) is 19.9 Å². The molecule has 194 valence electrons. The monoisotopic (exact) mass is 488 g/mol. The standard InChI is InChI=1S/C28H40O7/c1-14-17-13-24(3,26(5,31)22(30)33-17)35-28(14)12-9-15-19-16(8-11-23(15,28)2)25(4)18(29)7-6-10-27(25,32)21-20(19)34-21/h6-7,14-17,19-22,30-32H,8-13H2,1-5H3/t14-,15+,16+,17-,19+,20+,21+,22?,23+,24-,25+,26-,27+,28+/m1/s1. The third-order valence-corrected chi connectivity index (χ3v) is 12.9. The van der Waals surface area contributed by atoms with Gasteiger partial charge in [0.25, 0.3) is 0 Å². The van der Waals surface area contributed by atoms with Crippen molar-refractivity contribution in [1.29, 1.82) is 0 Å². The lowest BCUT2D eigenvalue weighted by Gasteiger charge is -2.67. The van der Waals surface area contributed by atoms with E-state index in [1.54, 1.807) is 13.0 Å². The fourth-order valence-corrected chi connectivity index (χ4v) is 10.4. The molecule has 1 unspecified atom stereocenters. The van der Waals surface area contributed by atoms with Crippen molar-refractivity contribution in [3.8, 4) is 0 Å². The van der Waals surface area contributed by atoms with Gasteiger partial charge in [-0.05, 0) is 76.7 Å². The SMILES string of the molecule is C[C@@H]1[C@H]2C[C@@](C)(O[C@@]13CC[C@H]1[C@@H]4[C@@H]5O[C@@H]5[C@@]5(O)CC=CC(=O)[C@]5(C)[C@H]4CC[C@@]13C)[C@](C)(O)C(O)O2. The van der Waals surface area contributed by atoms with Gasteiger partial charge in [0.2, 0.25) is 0 Å². The number of fused-ring (bicyclic) bond motifs is 11. The second-order valence-corrected chi connectivity index (χ2v) is 13.8. The van der Waals surface area contributed by atoms with E-state index in [-0.39, 0.29) is 53.2 Å². The second kappa shape index (κ2) is 6.41. The van der Waals surface area contributed by atoms with Crippen molar-refractivity contribution in [2.75, 3.05) is 0 Å². The molecule has 35 heavy (non-hydrogen) atoms. The Morgan fingerprint density at radius 3 is 2.49 bits per heavy atom. The molecule has 2 bridgehead atoms. The van der Waals surface area contributed by atoms with Crippen LogP contribution in [0.3, 0.4) is 0 Å². The van der Waals surface area contributed by atoms with E-state index in [0.717, 1.165) is 25.7 Å². The van der Waals surface area contributed by atoms with Crippen LogP contribution >= 0.6 is 0 Å². The third kappa shape index (κ3) is 2.31. The first-order valence-electron chi connectivity index (χ1n) is 13.6. The highest BCUT2D eigenvalue weighted by Crippen LogP contribution is 2.74. The first-order chi connectivity index (χ1) is 16.3. The maximum absolute atomic E-state index is 13.4. The lowest BCUT2D eigenvalue weighted by molar-refractivity contribution is -0.406. The third-order valence-electron chi connectivity index (χ3n) is 12.9. The molecular weight excluding hydrogens is 448 g/mol. The molecule has 3 aliphatic heterocycles. The van der Waals surface area contributed by atoms with Gasteiger partial charge in [-0.2, -0.15) is 0 Å². The van der Waals surface area contributed by atoms with Crippen LogP contribution in [0.2, 0.25) is 0 Å². The van der Waals surface area contributed by atoms with E-state index >= 15 is 0 Å². The van der Waals surface area contributed by atoms with E-state index < -0.39 is 34.1 Å². The molecule has 0 aromatic rings. The normalized spacial score (nSPS) is 66.5. The number of carbonyl (C=O) groups excluding carboxylic acids is 1. The minimum Gasteiger partial charge on any atom is -0.386 e. The molecule has 3 saturated heterocycles. The van der Waals surface area contributed by atoms with Gasteiger partial charge in [-0.3, -0.25) is 4.79 Å². The van der Waals surface area contributed by atoms with Gasteiger partial charge in [0.15, 0.2) is 12.1 Å². The number of aliphatic hydroxyl groups is 3. The van der Waals surface area contributed by atoms with Gasteiger partial charge in [-0.15, -0.1) is 0 Å². The van der Waals surface area contributed by atoms with E-state index in [2.05, 4.69) is 13.8 Å². The van der Waals surface area contributed by atoms with E-state index in [1.165, 1.54) is 0 Å². The molecule has 7 nitrogen and oxygen atoms in total. The molecule has 0 amide bonds.